The van der Waals surface area contributed by atoms with Crippen molar-refractivity contribution in [3.8, 4) is 0 Å². The van der Waals surface area contributed by atoms with Gasteiger partial charge in [0.25, 0.3) is 0 Å². The second kappa shape index (κ2) is 7.00. The van der Waals surface area contributed by atoms with E-state index in [4.69, 9.17) is 10.5 Å². The lowest BCUT2D eigenvalue weighted by Gasteiger charge is -2.13. The normalized spacial score (nSPS) is 11.8. The molecule has 0 aliphatic rings. The van der Waals surface area contributed by atoms with E-state index in [1.807, 2.05) is 13.0 Å². The number of methoxy groups -OCH3 is 1. The van der Waals surface area contributed by atoms with Crippen molar-refractivity contribution in [2.45, 2.75) is 31.7 Å². The maximum atomic E-state index is 12.2. The first-order valence-electron chi connectivity index (χ1n) is 6.21. The molecule has 0 bridgehead atoms. The van der Waals surface area contributed by atoms with Gasteiger partial charge in [-0.25, -0.2) is 13.1 Å². The van der Waals surface area contributed by atoms with Crippen LogP contribution in [0.2, 0.25) is 0 Å². The highest BCUT2D eigenvalue weighted by Gasteiger charge is 2.18. The van der Waals surface area contributed by atoms with Crippen molar-refractivity contribution in [3.63, 3.8) is 0 Å². The van der Waals surface area contributed by atoms with Crippen molar-refractivity contribution in [2.24, 2.45) is 5.73 Å². The zero-order valence-electron chi connectivity index (χ0n) is 11.7. The highest BCUT2D eigenvalue weighted by molar-refractivity contribution is 7.89. The summed E-state index contributed by atoms with van der Waals surface area (Å²) in [5.74, 6) is 0. The van der Waals surface area contributed by atoms with Crippen LogP contribution in [0.3, 0.4) is 0 Å². The largest absolute Gasteiger partial charge is 0.385 e. The zero-order chi connectivity index (χ0) is 14.5. The molecule has 0 aromatic heterocycles. The van der Waals surface area contributed by atoms with Gasteiger partial charge in [0.05, 0.1) is 4.90 Å². The number of benzene rings is 1. The van der Waals surface area contributed by atoms with Crippen molar-refractivity contribution in [1.82, 2.24) is 4.72 Å². The first kappa shape index (κ1) is 16.1. The lowest BCUT2D eigenvalue weighted by molar-refractivity contribution is 0.196. The van der Waals surface area contributed by atoms with Gasteiger partial charge in [0.2, 0.25) is 10.0 Å². The highest BCUT2D eigenvalue weighted by Crippen LogP contribution is 2.20. The first-order valence-corrected chi connectivity index (χ1v) is 7.69. The summed E-state index contributed by atoms with van der Waals surface area (Å²) in [6, 6.07) is 3.56. The molecule has 5 nitrogen and oxygen atoms in total. The maximum absolute atomic E-state index is 12.2. The molecule has 0 heterocycles. The van der Waals surface area contributed by atoms with Crippen LogP contribution in [0, 0.1) is 13.8 Å². The van der Waals surface area contributed by atoms with E-state index < -0.39 is 10.0 Å². The molecule has 3 N–H and O–H groups in total. The Labute approximate surface area is 115 Å². The van der Waals surface area contributed by atoms with Crippen LogP contribution < -0.4 is 10.5 Å². The van der Waals surface area contributed by atoms with E-state index in [1.54, 1.807) is 20.1 Å². The van der Waals surface area contributed by atoms with Crippen LogP contribution in [0.25, 0.3) is 0 Å². The lowest BCUT2D eigenvalue weighted by atomic mass is 10.1. The number of nitrogens with two attached hydrogens (primary N) is 1. The monoisotopic (exact) mass is 286 g/mol. The molecular weight excluding hydrogens is 264 g/mol. The van der Waals surface area contributed by atoms with Gasteiger partial charge in [-0.1, -0.05) is 6.07 Å². The molecule has 1 rings (SSSR count). The molecule has 0 unspecified atom stereocenters. The van der Waals surface area contributed by atoms with E-state index in [-0.39, 0.29) is 0 Å². The summed E-state index contributed by atoms with van der Waals surface area (Å²) in [5.41, 5.74) is 8.10. The van der Waals surface area contributed by atoms with Crippen molar-refractivity contribution in [2.75, 3.05) is 20.3 Å². The third kappa shape index (κ3) is 4.28. The van der Waals surface area contributed by atoms with Gasteiger partial charge in [-0.3, -0.25) is 0 Å². The molecule has 1 aromatic carbocycles. The quantitative estimate of drug-likeness (QED) is 0.735. The molecule has 0 fully saturated rings. The summed E-state index contributed by atoms with van der Waals surface area (Å²) in [4.78, 5) is 0.311. The zero-order valence-corrected chi connectivity index (χ0v) is 12.5. The molecule has 19 heavy (non-hydrogen) atoms. The summed E-state index contributed by atoms with van der Waals surface area (Å²) in [5, 5.41) is 0. The van der Waals surface area contributed by atoms with Crippen LogP contribution in [0.1, 0.15) is 23.1 Å². The van der Waals surface area contributed by atoms with Gasteiger partial charge in [-0.05, 0) is 43.0 Å². The Balaban J connectivity index is 2.97. The Kier molecular flexibility index (Phi) is 5.93. The number of sulfonamides is 1. The molecule has 0 saturated carbocycles. The summed E-state index contributed by atoms with van der Waals surface area (Å²) in [7, 11) is -1.90. The summed E-state index contributed by atoms with van der Waals surface area (Å²) >= 11 is 0. The molecular formula is C13H22N2O3S. The van der Waals surface area contributed by atoms with Crippen molar-refractivity contribution in [3.05, 3.63) is 28.8 Å². The molecule has 0 aliphatic heterocycles. The number of aryl methyl sites for hydroxylation is 1. The fourth-order valence-corrected chi connectivity index (χ4v) is 3.24. The number of hydrogen-bond acceptors (Lipinski definition) is 4. The van der Waals surface area contributed by atoms with E-state index in [0.717, 1.165) is 16.7 Å². The second-order valence-corrected chi connectivity index (χ2v) is 6.22. The second-order valence-electron chi connectivity index (χ2n) is 4.48. The third-order valence-corrected chi connectivity index (χ3v) is 4.61. The molecule has 0 radical (unpaired) electrons. The molecule has 0 aliphatic carbocycles. The summed E-state index contributed by atoms with van der Waals surface area (Å²) in [6.45, 7) is 4.91. The smallest absolute Gasteiger partial charge is 0.240 e. The predicted molar refractivity (Wildman–Crippen MR) is 75.5 cm³/mol. The van der Waals surface area contributed by atoms with E-state index >= 15 is 0 Å². The van der Waals surface area contributed by atoms with E-state index in [9.17, 15) is 8.42 Å². The van der Waals surface area contributed by atoms with Gasteiger partial charge < -0.3 is 10.5 Å². The van der Waals surface area contributed by atoms with Crippen molar-refractivity contribution in [1.29, 1.82) is 0 Å². The molecule has 1 aromatic rings. The average Bonchev–Trinajstić information content (AvgIpc) is 2.37. The van der Waals surface area contributed by atoms with Crippen LogP contribution in [-0.4, -0.2) is 28.7 Å². The SMILES string of the molecule is COCCCNS(=O)(=O)c1cc(CN)cc(C)c1C. The number of rotatable bonds is 7. The van der Waals surface area contributed by atoms with E-state index in [1.165, 1.54) is 0 Å². The molecule has 108 valence electrons. The van der Waals surface area contributed by atoms with Gasteiger partial charge in [-0.2, -0.15) is 0 Å². The maximum Gasteiger partial charge on any atom is 0.240 e. The first-order chi connectivity index (χ1) is 8.92. The minimum absolute atomic E-state index is 0.311. The third-order valence-electron chi connectivity index (χ3n) is 3.02. The Hall–Kier alpha value is -0.950. The fraction of sp³-hybridized carbons (Fsp3) is 0.538. The van der Waals surface area contributed by atoms with Gasteiger partial charge >= 0.3 is 0 Å². The van der Waals surface area contributed by atoms with Gasteiger partial charge in [0.1, 0.15) is 0 Å². The van der Waals surface area contributed by atoms with Crippen LogP contribution in [0.5, 0.6) is 0 Å². The van der Waals surface area contributed by atoms with Crippen LogP contribution in [-0.2, 0) is 21.3 Å². The number of hydrogen-bond donors (Lipinski definition) is 2. The van der Waals surface area contributed by atoms with E-state index in [0.29, 0.717) is 31.0 Å². The Morgan fingerprint density at radius 1 is 1.32 bits per heavy atom. The number of nitrogens with one attached hydrogen (secondary N) is 1. The fourth-order valence-electron chi connectivity index (χ4n) is 1.80. The minimum atomic E-state index is -3.49. The molecule has 6 heteroatoms. The predicted octanol–water partition coefficient (Wildman–Crippen LogP) is 1.08. The van der Waals surface area contributed by atoms with Crippen molar-refractivity contribution < 1.29 is 13.2 Å². The van der Waals surface area contributed by atoms with Crippen LogP contribution >= 0.6 is 0 Å². The highest BCUT2D eigenvalue weighted by atomic mass is 32.2. The average molecular weight is 286 g/mol. The molecule has 0 amide bonds. The molecule has 0 atom stereocenters. The van der Waals surface area contributed by atoms with Crippen LogP contribution in [0.15, 0.2) is 17.0 Å². The Morgan fingerprint density at radius 2 is 2.00 bits per heavy atom. The summed E-state index contributed by atoms with van der Waals surface area (Å²) < 4.78 is 32.0. The van der Waals surface area contributed by atoms with E-state index in [2.05, 4.69) is 4.72 Å². The Morgan fingerprint density at radius 3 is 2.58 bits per heavy atom. The van der Waals surface area contributed by atoms with Gasteiger partial charge in [0, 0.05) is 26.8 Å². The minimum Gasteiger partial charge on any atom is -0.385 e. The topological polar surface area (TPSA) is 81.4 Å². The number of ether oxygens (including phenoxy) is 1. The lowest BCUT2D eigenvalue weighted by Crippen LogP contribution is -2.26. The molecule has 0 saturated heterocycles. The van der Waals surface area contributed by atoms with Crippen molar-refractivity contribution >= 4 is 10.0 Å². The molecule has 0 spiro atoms. The Bertz CT molecular complexity index is 527. The van der Waals surface area contributed by atoms with Crippen LogP contribution in [0.4, 0.5) is 0 Å². The van der Waals surface area contributed by atoms with Gasteiger partial charge in [-0.15, -0.1) is 0 Å². The summed E-state index contributed by atoms with van der Waals surface area (Å²) in [6.07, 6.45) is 0.643. The van der Waals surface area contributed by atoms with Gasteiger partial charge in [0.15, 0.2) is 0 Å². The standard InChI is InChI=1S/C13H22N2O3S/c1-10-7-12(9-14)8-13(11(10)2)19(16,17)15-5-4-6-18-3/h7-8,15H,4-6,9,14H2,1-3H3.